The Morgan fingerprint density at radius 3 is 2.22 bits per heavy atom. The van der Waals surface area contributed by atoms with E-state index in [1.807, 2.05) is 24.3 Å². The largest absolute Gasteiger partial charge is 0.447 e. The highest BCUT2D eigenvalue weighted by Gasteiger charge is 2.30. The van der Waals surface area contributed by atoms with E-state index in [9.17, 15) is 9.59 Å². The molecule has 0 spiro atoms. The molecule has 0 heterocycles. The molecule has 2 aromatic carbocycles. The van der Waals surface area contributed by atoms with Crippen molar-refractivity contribution >= 4 is 12.2 Å². The zero-order chi connectivity index (χ0) is 23.1. The van der Waals surface area contributed by atoms with Gasteiger partial charge in [0, 0.05) is 12.5 Å². The van der Waals surface area contributed by atoms with E-state index >= 15 is 0 Å². The van der Waals surface area contributed by atoms with Crippen molar-refractivity contribution in [1.82, 2.24) is 10.4 Å². The smallest absolute Gasteiger partial charge is 0.434 e. The number of amides is 2. The summed E-state index contributed by atoms with van der Waals surface area (Å²) in [7, 11) is 0. The first-order chi connectivity index (χ1) is 15.3. The predicted octanol–water partition coefficient (Wildman–Crippen LogP) is 4.88. The number of rotatable bonds is 8. The van der Waals surface area contributed by atoms with Crippen LogP contribution in [0.5, 0.6) is 0 Å². The Morgan fingerprint density at radius 1 is 1.06 bits per heavy atom. The lowest BCUT2D eigenvalue weighted by Crippen LogP contribution is -2.41. The van der Waals surface area contributed by atoms with E-state index in [0.29, 0.717) is 0 Å². The molecule has 0 saturated carbocycles. The number of hydrogen-bond donors (Lipinski definition) is 1. The van der Waals surface area contributed by atoms with Gasteiger partial charge in [-0.3, -0.25) is 4.84 Å². The molecule has 170 valence electrons. The van der Waals surface area contributed by atoms with Crippen LogP contribution >= 0.6 is 0 Å². The Labute approximate surface area is 188 Å². The molecule has 0 bridgehead atoms. The molecule has 3 rings (SSSR count). The van der Waals surface area contributed by atoms with Crippen molar-refractivity contribution < 1.29 is 23.9 Å². The van der Waals surface area contributed by atoms with Crippen molar-refractivity contribution in [3.8, 4) is 11.1 Å². The highest BCUT2D eigenvalue weighted by atomic mass is 16.7. The Bertz CT molecular complexity index is 921. The summed E-state index contributed by atoms with van der Waals surface area (Å²) in [6.07, 6.45) is 0.346. The van der Waals surface area contributed by atoms with Gasteiger partial charge in [-0.15, -0.1) is 6.58 Å². The molecular weight excluding hydrogens is 408 g/mol. The Hall–Kier alpha value is -3.32. The number of hydroxylamine groups is 2. The molecule has 7 nitrogen and oxygen atoms in total. The molecule has 0 unspecified atom stereocenters. The van der Waals surface area contributed by atoms with Gasteiger partial charge >= 0.3 is 12.2 Å². The summed E-state index contributed by atoms with van der Waals surface area (Å²) in [6.45, 7) is 9.51. The number of nitrogens with zero attached hydrogens (tertiary/aromatic N) is 1. The van der Waals surface area contributed by atoms with Gasteiger partial charge < -0.3 is 14.8 Å². The lowest BCUT2D eigenvalue weighted by molar-refractivity contribution is -0.125. The van der Waals surface area contributed by atoms with E-state index in [4.69, 9.17) is 14.3 Å². The van der Waals surface area contributed by atoms with Crippen LogP contribution in [0.25, 0.3) is 11.1 Å². The first kappa shape index (κ1) is 23.3. The number of alkyl carbamates (subject to hydrolysis) is 1. The van der Waals surface area contributed by atoms with E-state index in [1.165, 1.54) is 6.08 Å². The summed E-state index contributed by atoms with van der Waals surface area (Å²) in [5, 5.41) is 3.70. The molecule has 0 radical (unpaired) electrons. The first-order valence-corrected chi connectivity index (χ1v) is 10.6. The molecule has 2 amide bonds. The van der Waals surface area contributed by atoms with Crippen LogP contribution in [0.3, 0.4) is 0 Å². The topological polar surface area (TPSA) is 77.1 Å². The normalized spacial score (nSPS) is 12.5. The molecular formula is C25H30N2O5. The molecule has 1 N–H and O–H groups in total. The molecule has 0 atom stereocenters. The summed E-state index contributed by atoms with van der Waals surface area (Å²) >= 11 is 0. The van der Waals surface area contributed by atoms with Crippen LogP contribution in [-0.2, 0) is 14.3 Å². The van der Waals surface area contributed by atoms with Crippen LogP contribution in [0, 0.1) is 0 Å². The SMILES string of the molecule is C=CCON(CCNC(=O)OC(C)(C)C)C(=O)OCC1c2ccccc2-c2ccccc21. The number of fused-ring (bicyclic) bond motifs is 3. The maximum Gasteiger partial charge on any atom is 0.434 e. The van der Waals surface area contributed by atoms with Gasteiger partial charge in [0.25, 0.3) is 0 Å². The average molecular weight is 439 g/mol. The highest BCUT2D eigenvalue weighted by Crippen LogP contribution is 2.44. The summed E-state index contributed by atoms with van der Waals surface area (Å²) in [4.78, 5) is 30.0. The Balaban J connectivity index is 1.60. The summed E-state index contributed by atoms with van der Waals surface area (Å²) in [5.74, 6) is -0.0486. The van der Waals surface area contributed by atoms with Crippen molar-refractivity contribution in [3.05, 3.63) is 72.3 Å². The van der Waals surface area contributed by atoms with Crippen LogP contribution in [0.15, 0.2) is 61.2 Å². The maximum absolute atomic E-state index is 12.7. The third-order valence-corrected chi connectivity index (χ3v) is 4.87. The molecule has 0 fully saturated rings. The molecule has 1 aliphatic carbocycles. The lowest BCUT2D eigenvalue weighted by atomic mass is 9.98. The second kappa shape index (κ2) is 10.3. The summed E-state index contributed by atoms with van der Waals surface area (Å²) in [6, 6.07) is 16.3. The third-order valence-electron chi connectivity index (χ3n) is 4.87. The quantitative estimate of drug-likeness (QED) is 0.470. The number of benzene rings is 2. The second-order valence-corrected chi connectivity index (χ2v) is 8.42. The van der Waals surface area contributed by atoms with E-state index < -0.39 is 17.8 Å². The fourth-order valence-corrected chi connectivity index (χ4v) is 3.59. The lowest BCUT2D eigenvalue weighted by Gasteiger charge is -2.23. The zero-order valence-electron chi connectivity index (χ0n) is 18.8. The maximum atomic E-state index is 12.7. The predicted molar refractivity (Wildman–Crippen MR) is 122 cm³/mol. The summed E-state index contributed by atoms with van der Waals surface area (Å²) < 4.78 is 10.8. The number of hydrogen-bond acceptors (Lipinski definition) is 5. The van der Waals surface area contributed by atoms with Crippen LogP contribution < -0.4 is 5.32 Å². The minimum Gasteiger partial charge on any atom is -0.447 e. The van der Waals surface area contributed by atoms with Crippen LogP contribution in [0.2, 0.25) is 0 Å². The number of nitrogens with one attached hydrogen (secondary N) is 1. The minimum absolute atomic E-state index is 0.0486. The number of carbonyl (C=O) groups is 2. The highest BCUT2D eigenvalue weighted by molar-refractivity contribution is 5.79. The van der Waals surface area contributed by atoms with Crippen LogP contribution in [0.4, 0.5) is 9.59 Å². The zero-order valence-corrected chi connectivity index (χ0v) is 18.8. The van der Waals surface area contributed by atoms with Gasteiger partial charge in [-0.1, -0.05) is 54.6 Å². The minimum atomic E-state index is -0.625. The Morgan fingerprint density at radius 2 is 1.66 bits per heavy atom. The van der Waals surface area contributed by atoms with Crippen LogP contribution in [0.1, 0.15) is 37.8 Å². The van der Waals surface area contributed by atoms with Crippen molar-refractivity contribution in [1.29, 1.82) is 0 Å². The van der Waals surface area contributed by atoms with Gasteiger partial charge in [0.1, 0.15) is 12.2 Å². The van der Waals surface area contributed by atoms with Crippen molar-refractivity contribution in [2.75, 3.05) is 26.3 Å². The number of ether oxygens (including phenoxy) is 2. The molecule has 0 aliphatic heterocycles. The van der Waals surface area contributed by atoms with Gasteiger partial charge in [-0.05, 0) is 43.0 Å². The number of carbonyl (C=O) groups excluding carboxylic acids is 2. The molecule has 32 heavy (non-hydrogen) atoms. The molecule has 2 aromatic rings. The standard InChI is InChI=1S/C25H30N2O5/c1-5-16-31-27(15-14-26-23(28)32-25(2,3)4)24(29)30-17-22-20-12-8-6-10-18(20)19-11-7-9-13-21(19)22/h5-13,22H,1,14-17H2,2-4H3,(H,26,28). The van der Waals surface area contributed by atoms with E-state index in [2.05, 4.69) is 36.2 Å². The average Bonchev–Trinajstić information content (AvgIpc) is 3.07. The molecule has 0 aromatic heterocycles. The molecule has 1 aliphatic rings. The second-order valence-electron chi connectivity index (χ2n) is 8.42. The Kier molecular flexibility index (Phi) is 7.53. The van der Waals surface area contributed by atoms with E-state index in [-0.39, 0.29) is 32.2 Å². The van der Waals surface area contributed by atoms with Gasteiger partial charge in [0.2, 0.25) is 0 Å². The van der Waals surface area contributed by atoms with Gasteiger partial charge in [0.05, 0.1) is 13.2 Å². The monoisotopic (exact) mass is 438 g/mol. The third kappa shape index (κ3) is 5.88. The van der Waals surface area contributed by atoms with Gasteiger partial charge in [-0.2, -0.15) is 5.06 Å². The van der Waals surface area contributed by atoms with E-state index in [0.717, 1.165) is 27.3 Å². The van der Waals surface area contributed by atoms with Crippen molar-refractivity contribution in [3.63, 3.8) is 0 Å². The molecule has 7 heteroatoms. The first-order valence-electron chi connectivity index (χ1n) is 10.6. The fourth-order valence-electron chi connectivity index (χ4n) is 3.59. The molecule has 0 saturated heterocycles. The van der Waals surface area contributed by atoms with Crippen LogP contribution in [-0.4, -0.2) is 49.2 Å². The summed E-state index contributed by atoms with van der Waals surface area (Å²) in [5.41, 5.74) is 3.98. The van der Waals surface area contributed by atoms with Crippen molar-refractivity contribution in [2.24, 2.45) is 0 Å². The van der Waals surface area contributed by atoms with Gasteiger partial charge in [-0.25, -0.2) is 9.59 Å². The van der Waals surface area contributed by atoms with E-state index in [1.54, 1.807) is 20.8 Å². The van der Waals surface area contributed by atoms with Gasteiger partial charge in [0.15, 0.2) is 0 Å². The fraction of sp³-hybridized carbons (Fsp3) is 0.360. The van der Waals surface area contributed by atoms with Crippen molar-refractivity contribution in [2.45, 2.75) is 32.3 Å².